The summed E-state index contributed by atoms with van der Waals surface area (Å²) in [6, 6.07) is 10.1. The van der Waals surface area contributed by atoms with Crippen molar-refractivity contribution in [3.63, 3.8) is 0 Å². The summed E-state index contributed by atoms with van der Waals surface area (Å²) in [6.45, 7) is 1.31. The van der Waals surface area contributed by atoms with Crippen LogP contribution in [-0.4, -0.2) is 26.2 Å². The third-order valence-corrected chi connectivity index (χ3v) is 4.76. The minimum Gasteiger partial charge on any atom is -0.493 e. The first-order chi connectivity index (χ1) is 10.8. The molecule has 1 saturated heterocycles. The van der Waals surface area contributed by atoms with E-state index in [1.807, 2.05) is 24.3 Å². The standard InChI is InChI=1S/C17H19NO3S/c1-20-15-5-4-12(13-10-17(19)18-11-13)9-16(15)21-7-6-14-3-2-8-22-14/h2-5,8-9,13H,6-7,10-11H2,1H3,(H,18,19). The molecule has 116 valence electrons. The Hall–Kier alpha value is -2.01. The number of amides is 1. The fraction of sp³-hybridized carbons (Fsp3) is 0.353. The van der Waals surface area contributed by atoms with E-state index >= 15 is 0 Å². The maximum absolute atomic E-state index is 11.4. The quantitative estimate of drug-likeness (QED) is 0.891. The SMILES string of the molecule is COc1ccc(C2CNC(=O)C2)cc1OCCc1cccs1. The van der Waals surface area contributed by atoms with Gasteiger partial charge in [0, 0.05) is 30.2 Å². The zero-order chi connectivity index (χ0) is 15.4. The second-order valence-corrected chi connectivity index (χ2v) is 6.33. The second-order valence-electron chi connectivity index (χ2n) is 5.29. The van der Waals surface area contributed by atoms with Gasteiger partial charge in [-0.05, 0) is 29.1 Å². The van der Waals surface area contributed by atoms with Crippen molar-refractivity contribution in [2.75, 3.05) is 20.3 Å². The van der Waals surface area contributed by atoms with Crippen molar-refractivity contribution in [3.05, 3.63) is 46.2 Å². The Morgan fingerprint density at radius 1 is 1.32 bits per heavy atom. The summed E-state index contributed by atoms with van der Waals surface area (Å²) in [7, 11) is 1.64. The van der Waals surface area contributed by atoms with Crippen LogP contribution in [0.5, 0.6) is 11.5 Å². The summed E-state index contributed by atoms with van der Waals surface area (Å²) in [5, 5.41) is 4.94. The Bertz CT molecular complexity index is 639. The van der Waals surface area contributed by atoms with Crippen LogP contribution in [0.3, 0.4) is 0 Å². The smallest absolute Gasteiger partial charge is 0.220 e. The van der Waals surface area contributed by atoms with Gasteiger partial charge < -0.3 is 14.8 Å². The fourth-order valence-corrected chi connectivity index (χ4v) is 3.31. The molecule has 1 atom stereocenters. The Morgan fingerprint density at radius 3 is 2.91 bits per heavy atom. The van der Waals surface area contributed by atoms with Crippen LogP contribution in [0.25, 0.3) is 0 Å². The number of nitrogens with one attached hydrogen (secondary N) is 1. The average molecular weight is 317 g/mol. The van der Waals surface area contributed by atoms with Crippen molar-refractivity contribution in [1.29, 1.82) is 0 Å². The summed E-state index contributed by atoms with van der Waals surface area (Å²) in [5.74, 6) is 1.81. The van der Waals surface area contributed by atoms with E-state index in [1.54, 1.807) is 18.4 Å². The molecule has 1 N–H and O–H groups in total. The molecule has 2 aromatic rings. The van der Waals surface area contributed by atoms with Crippen molar-refractivity contribution in [1.82, 2.24) is 5.32 Å². The van der Waals surface area contributed by atoms with Crippen molar-refractivity contribution < 1.29 is 14.3 Å². The van der Waals surface area contributed by atoms with Crippen molar-refractivity contribution >= 4 is 17.2 Å². The molecule has 1 fully saturated rings. The van der Waals surface area contributed by atoms with E-state index in [4.69, 9.17) is 9.47 Å². The molecule has 1 amide bonds. The topological polar surface area (TPSA) is 47.6 Å². The highest BCUT2D eigenvalue weighted by Crippen LogP contribution is 2.33. The Morgan fingerprint density at radius 2 is 2.23 bits per heavy atom. The molecule has 1 aromatic carbocycles. The predicted octanol–water partition coefficient (Wildman–Crippen LogP) is 2.98. The molecule has 0 bridgehead atoms. The zero-order valence-corrected chi connectivity index (χ0v) is 13.3. The molecule has 1 aliphatic heterocycles. The number of rotatable bonds is 6. The number of benzene rings is 1. The summed E-state index contributed by atoms with van der Waals surface area (Å²) in [5.41, 5.74) is 1.12. The predicted molar refractivity (Wildman–Crippen MR) is 86.9 cm³/mol. The van der Waals surface area contributed by atoms with Crippen LogP contribution in [0, 0.1) is 0 Å². The molecule has 2 heterocycles. The monoisotopic (exact) mass is 317 g/mol. The van der Waals surface area contributed by atoms with Gasteiger partial charge in [-0.25, -0.2) is 0 Å². The van der Waals surface area contributed by atoms with Crippen LogP contribution in [0.4, 0.5) is 0 Å². The van der Waals surface area contributed by atoms with Crippen LogP contribution in [0.15, 0.2) is 35.7 Å². The highest BCUT2D eigenvalue weighted by molar-refractivity contribution is 7.09. The van der Waals surface area contributed by atoms with E-state index in [1.165, 1.54) is 4.88 Å². The minimum atomic E-state index is 0.112. The maximum Gasteiger partial charge on any atom is 0.220 e. The lowest BCUT2D eigenvalue weighted by Crippen LogP contribution is -2.13. The van der Waals surface area contributed by atoms with E-state index in [0.29, 0.717) is 19.6 Å². The molecule has 22 heavy (non-hydrogen) atoms. The third-order valence-electron chi connectivity index (χ3n) is 3.82. The summed E-state index contributed by atoms with van der Waals surface area (Å²) >= 11 is 1.73. The highest BCUT2D eigenvalue weighted by atomic mass is 32.1. The van der Waals surface area contributed by atoms with Crippen molar-refractivity contribution in [3.8, 4) is 11.5 Å². The van der Waals surface area contributed by atoms with Crippen LogP contribution in [0.2, 0.25) is 0 Å². The number of methoxy groups -OCH3 is 1. The molecule has 1 aromatic heterocycles. The number of thiophene rings is 1. The normalized spacial score (nSPS) is 17.3. The van der Waals surface area contributed by atoms with Gasteiger partial charge in [-0.3, -0.25) is 4.79 Å². The zero-order valence-electron chi connectivity index (χ0n) is 12.5. The first kappa shape index (κ1) is 14.9. The van der Waals surface area contributed by atoms with Gasteiger partial charge in [-0.1, -0.05) is 12.1 Å². The Labute approximate surface area is 134 Å². The Kier molecular flexibility index (Phi) is 4.63. The van der Waals surface area contributed by atoms with Gasteiger partial charge in [0.15, 0.2) is 11.5 Å². The molecule has 0 spiro atoms. The fourth-order valence-electron chi connectivity index (χ4n) is 2.62. The summed E-state index contributed by atoms with van der Waals surface area (Å²) in [4.78, 5) is 12.7. The number of carbonyl (C=O) groups is 1. The number of hydrogen-bond donors (Lipinski definition) is 1. The van der Waals surface area contributed by atoms with Gasteiger partial charge >= 0.3 is 0 Å². The second kappa shape index (κ2) is 6.83. The first-order valence-corrected chi connectivity index (χ1v) is 8.24. The van der Waals surface area contributed by atoms with Gasteiger partial charge in [0.1, 0.15) is 0 Å². The summed E-state index contributed by atoms with van der Waals surface area (Å²) < 4.78 is 11.3. The first-order valence-electron chi connectivity index (χ1n) is 7.36. The van der Waals surface area contributed by atoms with Crippen LogP contribution in [0.1, 0.15) is 22.8 Å². The minimum absolute atomic E-state index is 0.112. The molecule has 0 radical (unpaired) electrons. The van der Waals surface area contributed by atoms with Gasteiger partial charge in [-0.15, -0.1) is 11.3 Å². The molecule has 0 saturated carbocycles. The van der Waals surface area contributed by atoms with E-state index in [0.717, 1.165) is 23.5 Å². The van der Waals surface area contributed by atoms with Gasteiger partial charge in [0.2, 0.25) is 5.91 Å². The van der Waals surface area contributed by atoms with E-state index in [-0.39, 0.29) is 11.8 Å². The molecule has 5 heteroatoms. The summed E-state index contributed by atoms with van der Waals surface area (Å²) in [6.07, 6.45) is 1.43. The largest absolute Gasteiger partial charge is 0.493 e. The Balaban J connectivity index is 1.69. The highest BCUT2D eigenvalue weighted by Gasteiger charge is 2.23. The van der Waals surface area contributed by atoms with Crippen LogP contribution >= 0.6 is 11.3 Å². The third kappa shape index (κ3) is 3.42. The molecule has 1 aliphatic rings. The maximum atomic E-state index is 11.4. The lowest BCUT2D eigenvalue weighted by atomic mass is 9.98. The van der Waals surface area contributed by atoms with E-state index in [9.17, 15) is 4.79 Å². The van der Waals surface area contributed by atoms with Crippen LogP contribution in [-0.2, 0) is 11.2 Å². The van der Waals surface area contributed by atoms with Gasteiger partial charge in [-0.2, -0.15) is 0 Å². The van der Waals surface area contributed by atoms with Crippen LogP contribution < -0.4 is 14.8 Å². The van der Waals surface area contributed by atoms with Crippen molar-refractivity contribution in [2.45, 2.75) is 18.8 Å². The van der Waals surface area contributed by atoms with Crippen molar-refractivity contribution in [2.24, 2.45) is 0 Å². The lowest BCUT2D eigenvalue weighted by molar-refractivity contribution is -0.119. The van der Waals surface area contributed by atoms with E-state index in [2.05, 4.69) is 16.8 Å². The average Bonchev–Trinajstić information content (AvgIpc) is 3.19. The molecule has 3 rings (SSSR count). The van der Waals surface area contributed by atoms with Gasteiger partial charge in [0.05, 0.1) is 13.7 Å². The molecular formula is C17H19NO3S. The molecule has 1 unspecified atom stereocenters. The number of hydrogen-bond acceptors (Lipinski definition) is 4. The molecule has 4 nitrogen and oxygen atoms in total. The number of ether oxygens (including phenoxy) is 2. The van der Waals surface area contributed by atoms with Gasteiger partial charge in [0.25, 0.3) is 0 Å². The molecular weight excluding hydrogens is 298 g/mol. The molecule has 0 aliphatic carbocycles. The lowest BCUT2D eigenvalue weighted by Gasteiger charge is -2.14. The number of carbonyl (C=O) groups excluding carboxylic acids is 1. The van der Waals surface area contributed by atoms with E-state index < -0.39 is 0 Å².